The number of hydrazone groups is 1. The lowest BCUT2D eigenvalue weighted by atomic mass is 9.66. The minimum atomic E-state index is -5.01. The summed E-state index contributed by atoms with van der Waals surface area (Å²) in [5.41, 5.74) is -3.17. The van der Waals surface area contributed by atoms with Crippen LogP contribution in [0, 0.1) is 17.3 Å². The van der Waals surface area contributed by atoms with E-state index < -0.39 is 23.7 Å². The zero-order valence-electron chi connectivity index (χ0n) is 15.0. The number of rotatable bonds is 1. The van der Waals surface area contributed by atoms with Crippen molar-refractivity contribution in [2.24, 2.45) is 22.4 Å². The van der Waals surface area contributed by atoms with Gasteiger partial charge in [0.2, 0.25) is 0 Å². The number of carbonyl (C=O) groups excluding carboxylic acids is 1. The number of hydrogen-bond donors (Lipinski definition) is 1. The number of alkyl halides is 3. The first-order chi connectivity index (χ1) is 12.0. The molecule has 142 valence electrons. The highest BCUT2D eigenvalue weighted by Gasteiger charge is 2.69. The van der Waals surface area contributed by atoms with Gasteiger partial charge < -0.3 is 5.11 Å². The molecule has 7 heteroatoms. The molecule has 1 aliphatic carbocycles. The van der Waals surface area contributed by atoms with Gasteiger partial charge in [0.05, 0.1) is 5.92 Å². The highest BCUT2D eigenvalue weighted by atomic mass is 19.4. The molecule has 3 rings (SSSR count). The van der Waals surface area contributed by atoms with Gasteiger partial charge in [-0.05, 0) is 42.7 Å². The van der Waals surface area contributed by atoms with Crippen molar-refractivity contribution in [3.63, 3.8) is 0 Å². The molecule has 3 atom stereocenters. The Kier molecular flexibility index (Phi) is 4.42. The van der Waals surface area contributed by atoms with Crippen LogP contribution in [0.4, 0.5) is 13.2 Å². The summed E-state index contributed by atoms with van der Waals surface area (Å²) in [6.07, 6.45) is -3.81. The van der Waals surface area contributed by atoms with E-state index in [4.69, 9.17) is 0 Å². The third-order valence-corrected chi connectivity index (χ3v) is 5.56. The molecule has 1 saturated carbocycles. The fourth-order valence-corrected chi connectivity index (χ4v) is 3.91. The predicted octanol–water partition coefficient (Wildman–Crippen LogP) is 4.21. The maximum Gasteiger partial charge on any atom is 0.439 e. The van der Waals surface area contributed by atoms with E-state index in [1.807, 2.05) is 20.8 Å². The van der Waals surface area contributed by atoms with Crippen LogP contribution in [0.5, 0.6) is 0 Å². The van der Waals surface area contributed by atoms with Crippen molar-refractivity contribution >= 4 is 11.6 Å². The Balaban J connectivity index is 2.01. The Labute approximate surface area is 150 Å². The van der Waals surface area contributed by atoms with Gasteiger partial charge in [0.25, 0.3) is 11.6 Å². The highest BCUT2D eigenvalue weighted by molar-refractivity contribution is 5.99. The van der Waals surface area contributed by atoms with Crippen molar-refractivity contribution in [3.05, 3.63) is 35.9 Å². The summed E-state index contributed by atoms with van der Waals surface area (Å²) in [5, 5.41) is 15.0. The molecule has 0 aromatic heterocycles. The summed E-state index contributed by atoms with van der Waals surface area (Å²) in [7, 11) is 0. The lowest BCUT2D eigenvalue weighted by Gasteiger charge is -2.42. The normalized spacial score (nSPS) is 29.3. The van der Waals surface area contributed by atoms with Crippen molar-refractivity contribution in [2.75, 3.05) is 0 Å². The number of carbonyl (C=O) groups is 1. The molecule has 1 amide bonds. The number of halogens is 3. The van der Waals surface area contributed by atoms with Gasteiger partial charge in [-0.25, -0.2) is 0 Å². The van der Waals surface area contributed by atoms with Gasteiger partial charge in [-0.15, -0.1) is 0 Å². The average Bonchev–Trinajstić information content (AvgIpc) is 2.88. The summed E-state index contributed by atoms with van der Waals surface area (Å²) in [5.74, 6) is -2.17. The predicted molar refractivity (Wildman–Crippen MR) is 91.3 cm³/mol. The van der Waals surface area contributed by atoms with E-state index in [1.165, 1.54) is 12.1 Å². The van der Waals surface area contributed by atoms with Crippen LogP contribution < -0.4 is 0 Å². The molecule has 0 bridgehead atoms. The summed E-state index contributed by atoms with van der Waals surface area (Å²) in [4.78, 5) is 12.7. The molecule has 0 spiro atoms. The van der Waals surface area contributed by atoms with E-state index in [-0.39, 0.29) is 34.0 Å². The van der Waals surface area contributed by atoms with E-state index >= 15 is 0 Å². The minimum Gasteiger partial charge on any atom is -0.362 e. The maximum atomic E-state index is 13.9. The Bertz CT molecular complexity index is 725. The molecule has 0 radical (unpaired) electrons. The van der Waals surface area contributed by atoms with Crippen molar-refractivity contribution in [3.8, 4) is 0 Å². The molecule has 1 heterocycles. The molecule has 2 aliphatic rings. The topological polar surface area (TPSA) is 52.9 Å². The second kappa shape index (κ2) is 6.08. The Morgan fingerprint density at radius 2 is 1.85 bits per heavy atom. The van der Waals surface area contributed by atoms with E-state index in [0.29, 0.717) is 12.8 Å². The number of aliphatic hydroxyl groups is 1. The monoisotopic (exact) mass is 368 g/mol. The van der Waals surface area contributed by atoms with Crippen LogP contribution in [0.1, 0.15) is 50.4 Å². The largest absolute Gasteiger partial charge is 0.439 e. The summed E-state index contributed by atoms with van der Waals surface area (Å²) >= 11 is 0. The molecular formula is C19H23F3N2O2. The molecule has 1 aromatic rings. The standard InChI is InChI=1S/C19H23F3N2O2/c1-17(2,3)13-9-10-15-14(11-13)18(26,19(20,21)22)24(23-15)16(25)12-7-5-4-6-8-12/h4-8,13-14,26H,9-11H2,1-3H3/t13-,14+,18-/m1/s1. The smallest absolute Gasteiger partial charge is 0.362 e. The number of hydrogen-bond acceptors (Lipinski definition) is 3. The highest BCUT2D eigenvalue weighted by Crippen LogP contribution is 2.52. The Hall–Kier alpha value is -1.89. The summed E-state index contributed by atoms with van der Waals surface area (Å²) < 4.78 is 41.8. The lowest BCUT2D eigenvalue weighted by molar-refractivity contribution is -0.314. The van der Waals surface area contributed by atoms with Gasteiger partial charge in [0.1, 0.15) is 0 Å². The van der Waals surface area contributed by atoms with Crippen molar-refractivity contribution in [2.45, 2.75) is 51.9 Å². The third kappa shape index (κ3) is 2.92. The fraction of sp³-hybridized carbons (Fsp3) is 0.579. The molecule has 1 aliphatic heterocycles. The Morgan fingerprint density at radius 1 is 1.23 bits per heavy atom. The summed E-state index contributed by atoms with van der Waals surface area (Å²) in [6.45, 7) is 5.94. The van der Waals surface area contributed by atoms with Gasteiger partial charge in [0.15, 0.2) is 0 Å². The van der Waals surface area contributed by atoms with Crippen molar-refractivity contribution in [1.29, 1.82) is 0 Å². The first kappa shape index (κ1) is 18.9. The van der Waals surface area contributed by atoms with Crippen LogP contribution in [-0.2, 0) is 0 Å². The fourth-order valence-electron chi connectivity index (χ4n) is 3.91. The second-order valence-electron chi connectivity index (χ2n) is 8.19. The van der Waals surface area contributed by atoms with E-state index in [9.17, 15) is 23.1 Å². The van der Waals surface area contributed by atoms with Crippen LogP contribution in [0.15, 0.2) is 35.4 Å². The maximum absolute atomic E-state index is 13.9. The zero-order valence-corrected chi connectivity index (χ0v) is 15.0. The Morgan fingerprint density at radius 3 is 2.38 bits per heavy atom. The van der Waals surface area contributed by atoms with Gasteiger partial charge in [-0.2, -0.15) is 23.3 Å². The van der Waals surface area contributed by atoms with Gasteiger partial charge in [-0.3, -0.25) is 4.79 Å². The van der Waals surface area contributed by atoms with Gasteiger partial charge in [0, 0.05) is 11.3 Å². The van der Waals surface area contributed by atoms with Gasteiger partial charge >= 0.3 is 6.18 Å². The first-order valence-corrected chi connectivity index (χ1v) is 8.72. The second-order valence-corrected chi connectivity index (χ2v) is 8.19. The molecule has 1 fully saturated rings. The van der Waals surface area contributed by atoms with Crippen molar-refractivity contribution in [1.82, 2.24) is 5.01 Å². The SMILES string of the molecule is CC(C)(C)[C@@H]1CCC2=NN(C(=O)c3ccccc3)[C@](O)(C(F)(F)F)[C@H]2C1. The quantitative estimate of drug-likeness (QED) is 0.807. The minimum absolute atomic E-state index is 0.00658. The zero-order chi connectivity index (χ0) is 19.3. The summed E-state index contributed by atoms with van der Waals surface area (Å²) in [6, 6.07) is 7.62. The number of fused-ring (bicyclic) bond motifs is 1. The van der Waals surface area contributed by atoms with Crippen LogP contribution in [0.2, 0.25) is 0 Å². The molecule has 1 aromatic carbocycles. The average molecular weight is 368 g/mol. The molecular weight excluding hydrogens is 345 g/mol. The van der Waals surface area contributed by atoms with Gasteiger partial charge in [-0.1, -0.05) is 39.0 Å². The number of amides is 1. The molecule has 0 unspecified atom stereocenters. The van der Waals surface area contributed by atoms with Crippen LogP contribution in [0.25, 0.3) is 0 Å². The molecule has 4 nitrogen and oxygen atoms in total. The lowest BCUT2D eigenvalue weighted by Crippen LogP contribution is -2.62. The molecule has 26 heavy (non-hydrogen) atoms. The van der Waals surface area contributed by atoms with Crippen molar-refractivity contribution < 1.29 is 23.1 Å². The molecule has 1 N–H and O–H groups in total. The van der Waals surface area contributed by atoms with Crippen LogP contribution in [0.3, 0.4) is 0 Å². The number of nitrogens with zero attached hydrogens (tertiary/aromatic N) is 2. The van der Waals surface area contributed by atoms with Crippen LogP contribution >= 0.6 is 0 Å². The van der Waals surface area contributed by atoms with E-state index in [2.05, 4.69) is 5.10 Å². The third-order valence-electron chi connectivity index (χ3n) is 5.56. The van der Waals surface area contributed by atoms with E-state index in [1.54, 1.807) is 18.2 Å². The number of benzene rings is 1. The molecule has 0 saturated heterocycles. The van der Waals surface area contributed by atoms with Crippen LogP contribution in [-0.4, -0.2) is 33.6 Å². The van der Waals surface area contributed by atoms with E-state index in [0.717, 1.165) is 0 Å². The first-order valence-electron chi connectivity index (χ1n) is 8.72.